The Bertz CT molecular complexity index is 6060. The molecule has 0 amide bonds. The van der Waals surface area contributed by atoms with Gasteiger partial charge in [0.2, 0.25) is 0 Å². The van der Waals surface area contributed by atoms with Gasteiger partial charge >= 0.3 is 23.9 Å². The summed E-state index contributed by atoms with van der Waals surface area (Å²) in [5.41, 5.74) is 8.97. The summed E-state index contributed by atoms with van der Waals surface area (Å²) in [6.07, 6.45) is 23.7. The van der Waals surface area contributed by atoms with Crippen molar-refractivity contribution in [3.8, 4) is 57.5 Å². The largest absolute Gasteiger partial charge is 0.507 e. The summed E-state index contributed by atoms with van der Waals surface area (Å²) in [6.45, 7) is 5.63. The molecule has 3 heterocycles. The number of ketones is 2. The number of ether oxygens (including phenoxy) is 7. The van der Waals surface area contributed by atoms with Crippen molar-refractivity contribution in [1.82, 2.24) is 0 Å². The van der Waals surface area contributed by atoms with Crippen LogP contribution in [0.25, 0.3) is 53.9 Å². The summed E-state index contributed by atoms with van der Waals surface area (Å²) in [5.74, 6) is 5.88. The van der Waals surface area contributed by atoms with E-state index >= 15 is 0 Å². The lowest BCUT2D eigenvalue weighted by Crippen LogP contribution is -2.47. The van der Waals surface area contributed by atoms with Crippen molar-refractivity contribution in [1.29, 1.82) is 0 Å². The first kappa shape index (κ1) is 73.8. The summed E-state index contributed by atoms with van der Waals surface area (Å²) >= 11 is 0. The lowest BCUT2D eigenvalue weighted by Gasteiger charge is -2.25. The molecule has 21 heteroatoms. The normalized spacial score (nSPS) is 28.9. The minimum atomic E-state index is -0.849. The van der Waals surface area contributed by atoms with Crippen LogP contribution in [-0.2, 0) is 33.4 Å². The van der Waals surface area contributed by atoms with Crippen molar-refractivity contribution in [2.24, 2.45) is 11.8 Å². The quantitative estimate of drug-likeness (QED) is 0.0313. The molecular weight excluding hydrogens is 1510 g/mol. The zero-order valence-electron chi connectivity index (χ0n) is 64.8. The van der Waals surface area contributed by atoms with Gasteiger partial charge in [-0.3, -0.25) is 28.8 Å². The van der Waals surface area contributed by atoms with Crippen molar-refractivity contribution in [2.75, 3.05) is 0 Å². The third-order valence-electron chi connectivity index (χ3n) is 27.8. The summed E-state index contributed by atoms with van der Waals surface area (Å²) in [6, 6.07) is 44.7. The maximum atomic E-state index is 12.7. The number of carbonyl (C=O) groups excluding carboxylic acids is 6. The van der Waals surface area contributed by atoms with Crippen LogP contribution in [0.2, 0.25) is 0 Å². The maximum absolute atomic E-state index is 12.7. The van der Waals surface area contributed by atoms with Gasteiger partial charge in [0.15, 0.2) is 22.8 Å². The Morgan fingerprint density at radius 2 is 0.521 bits per heavy atom. The van der Waals surface area contributed by atoms with Gasteiger partial charge in [0.1, 0.15) is 57.5 Å². The number of epoxide rings is 3. The van der Waals surface area contributed by atoms with Gasteiger partial charge in [-0.1, -0.05) is 194 Å². The fourth-order valence-electron chi connectivity index (χ4n) is 23.3. The van der Waals surface area contributed by atoms with Crippen LogP contribution in [0.3, 0.4) is 0 Å². The molecule has 119 heavy (non-hydrogen) atoms. The number of allylic oxidation sites excluding steroid dienone is 6. The number of Topliss-reactive ketones (excluding diaryl/α,β-unsaturated/α-hetero) is 2. The van der Waals surface area contributed by atoms with E-state index in [1.807, 2.05) is 121 Å². The molecular formula is C98H78O21. The van der Waals surface area contributed by atoms with E-state index in [0.717, 1.165) is 148 Å². The molecule has 18 atom stereocenters. The van der Waals surface area contributed by atoms with E-state index in [1.165, 1.54) is 27.7 Å². The topological polar surface area (TPSA) is 332 Å². The highest BCUT2D eigenvalue weighted by Crippen LogP contribution is 2.74. The number of benzene rings is 11. The van der Waals surface area contributed by atoms with Crippen LogP contribution in [0.4, 0.5) is 0 Å². The summed E-state index contributed by atoms with van der Waals surface area (Å²) < 4.78 is 39.6. The first-order valence-electron chi connectivity index (χ1n) is 40.5. The van der Waals surface area contributed by atoms with Gasteiger partial charge < -0.3 is 63.8 Å². The standard InChI is InChI=1S/C19H16O5.C19H16O4.C15H10O3.C15H12O3.2C15H12O2.O2/c1-8(20)22-16-10-5-3-4-6-11(10)17(23-9(2)21)15-13-7-12(14(15)16)18-19(13)24-18;1-10(20)22-18-14-5-3-4-6-15(14)19(23-11(2)21)17-13-8-7-12(9-13)16(17)18;16-12-10-3-1-2-4-11(10)13(17)15-9-6-5-8(7-9)14(12,15)18-15;16-12-6-3-1-2-4-7(6)13(17)11-9-5-8(10(11)12)14-15(9)18-14;2*16-14-10-3-1-2-4-11(10)15(17)13-9-6-5-8(7-9)12(13)14;1-2/h3-6,12-13,18-19H,7H2,1-2H3;3-8,12-13H,9H2,1-2H3;1-6,8-9H,7H2;1-4,8-9,14-17H,5H2;2*1-6,8-9,16-17H,7H2;/t12-,13+,18?,19?;12-,13+;2*8-,9+,14?,15?;2*8-,9+;. The molecule has 3 aliphatic heterocycles. The molecule has 0 spiro atoms. The SMILES string of the molecule is CC(=O)Oc1c2c(c(OC(C)=O)c3ccccc13)[C@@H]1C[C@H]2C2OC21.CC(=O)Oc1c2c(c(OC(C)=O)c3ccccc13)[C@H]1C=C[C@@H]2C1.O=C1c2ccccc2C(=O)C23OC12[C@@H]1C=C[C@H]3C1.O=O.Oc1c2c(c(O)c3ccccc13)[C@@H]1C[C@H]2C2OC21.Oc1c2c(c(O)c3ccccc13)[C@H]1C=C[C@@H]2C1.Oc1c2c(c(O)c3ccccc13)[C@H]1C=C[C@@H]2C1. The highest BCUT2D eigenvalue weighted by Gasteiger charge is 2.89. The Balaban J connectivity index is 0.0000000886. The Hall–Kier alpha value is -12.8. The Labute approximate surface area is 679 Å². The summed E-state index contributed by atoms with van der Waals surface area (Å²) in [7, 11) is 0. The lowest BCUT2D eigenvalue weighted by molar-refractivity contribution is -0.133. The maximum Gasteiger partial charge on any atom is 0.308 e. The molecule has 13 aliphatic carbocycles. The van der Waals surface area contributed by atoms with E-state index in [1.54, 1.807) is 24.3 Å². The van der Waals surface area contributed by atoms with E-state index in [4.69, 9.17) is 43.1 Å². The zero-order chi connectivity index (χ0) is 82.0. The second-order valence-corrected chi connectivity index (χ2v) is 33.8. The number of fused-ring (bicyclic) bond motifs is 39. The first-order chi connectivity index (χ1) is 57.6. The minimum Gasteiger partial charge on any atom is -0.507 e. The van der Waals surface area contributed by atoms with E-state index in [0.29, 0.717) is 68.6 Å². The number of aromatic hydroxyl groups is 6. The molecule has 11 aromatic rings. The average molecular weight is 1590 g/mol. The molecule has 11 aromatic carbocycles. The predicted molar refractivity (Wildman–Crippen MR) is 439 cm³/mol. The zero-order valence-corrected chi connectivity index (χ0v) is 64.8. The molecule has 6 N–H and O–H groups in total. The van der Waals surface area contributed by atoms with Gasteiger partial charge in [-0.2, -0.15) is 0 Å². The van der Waals surface area contributed by atoms with Crippen LogP contribution in [0.5, 0.6) is 57.5 Å². The van der Waals surface area contributed by atoms with E-state index < -0.39 is 11.2 Å². The lowest BCUT2D eigenvalue weighted by atomic mass is 9.69. The Morgan fingerprint density at radius 1 is 0.294 bits per heavy atom. The van der Waals surface area contributed by atoms with E-state index in [9.17, 15) is 59.4 Å². The fourth-order valence-corrected chi connectivity index (χ4v) is 23.3. The fraction of sp³-hybridized carbons (Fsp3) is 0.286. The molecule has 16 aliphatic rings. The second kappa shape index (κ2) is 26.9. The van der Waals surface area contributed by atoms with Gasteiger partial charge in [-0.15, -0.1) is 0 Å². The van der Waals surface area contributed by atoms with E-state index in [-0.39, 0.29) is 131 Å². The van der Waals surface area contributed by atoms with Gasteiger partial charge in [0, 0.05) is 229 Å². The molecule has 3 saturated carbocycles. The van der Waals surface area contributed by atoms with Crippen LogP contribution in [-0.4, -0.2) is 102 Å². The molecule has 0 radical (unpaired) electrons. The number of phenols is 6. The highest BCUT2D eigenvalue weighted by molar-refractivity contribution is 6.26. The predicted octanol–water partition coefficient (Wildman–Crippen LogP) is 18.1. The molecule has 0 aromatic heterocycles. The van der Waals surface area contributed by atoms with Gasteiger partial charge in [-0.25, -0.2) is 0 Å². The Morgan fingerprint density at radius 3 is 0.790 bits per heavy atom. The van der Waals surface area contributed by atoms with Crippen LogP contribution < -0.4 is 18.9 Å². The molecule has 6 unspecified atom stereocenters. The van der Waals surface area contributed by atoms with Crippen LogP contribution in [0.15, 0.2) is 194 Å². The molecule has 21 nitrogen and oxygen atoms in total. The number of rotatable bonds is 4. The van der Waals surface area contributed by atoms with Crippen LogP contribution in [0, 0.1) is 21.8 Å². The van der Waals surface area contributed by atoms with Gasteiger partial charge in [-0.05, 0) is 38.5 Å². The molecule has 596 valence electrons. The number of phenolic OH excluding ortho intramolecular Hbond substituents is 6. The summed E-state index contributed by atoms with van der Waals surface area (Å²) in [5, 5.41) is 70.2. The van der Waals surface area contributed by atoms with Crippen molar-refractivity contribution in [3.63, 3.8) is 0 Å². The van der Waals surface area contributed by atoms with Crippen LogP contribution >= 0.6 is 0 Å². The van der Waals surface area contributed by atoms with Gasteiger partial charge in [0.25, 0.3) is 0 Å². The third kappa shape index (κ3) is 10.5. The average Bonchev–Trinajstić information content (AvgIpc) is 1.44. The number of hydrogen-bond acceptors (Lipinski definition) is 21. The van der Waals surface area contributed by atoms with Crippen molar-refractivity contribution in [3.05, 3.63) is 271 Å². The number of carbonyl (C=O) groups is 6. The third-order valence-corrected chi connectivity index (χ3v) is 27.8. The molecule has 12 bridgehead atoms. The Kier molecular flexibility index (Phi) is 16.6. The van der Waals surface area contributed by atoms with Crippen molar-refractivity contribution in [2.45, 2.75) is 161 Å². The van der Waals surface area contributed by atoms with Crippen LogP contribution in [0.1, 0.15) is 202 Å². The monoisotopic (exact) mass is 1590 g/mol. The highest BCUT2D eigenvalue weighted by atomic mass is 16.7. The number of hydrogen-bond donors (Lipinski definition) is 6. The van der Waals surface area contributed by atoms with E-state index in [2.05, 4.69) is 48.6 Å². The molecule has 27 rings (SSSR count). The first-order valence-corrected chi connectivity index (χ1v) is 40.5. The smallest absolute Gasteiger partial charge is 0.308 e. The van der Waals surface area contributed by atoms with Gasteiger partial charge in [0.05, 0.1) is 24.4 Å². The minimum absolute atomic E-state index is 0.00884. The van der Waals surface area contributed by atoms with Crippen molar-refractivity contribution < 1.29 is 92.6 Å². The summed E-state index contributed by atoms with van der Waals surface area (Å²) in [4.78, 5) is 85.9. The molecule has 6 fully saturated rings. The molecule has 3 saturated heterocycles. The number of esters is 4. The van der Waals surface area contributed by atoms with Crippen molar-refractivity contribution >= 4 is 89.3 Å². The second-order valence-electron chi connectivity index (χ2n) is 33.8.